The zero-order valence-corrected chi connectivity index (χ0v) is 11.8. The van der Waals surface area contributed by atoms with Gasteiger partial charge in [0.2, 0.25) is 5.91 Å². The summed E-state index contributed by atoms with van der Waals surface area (Å²) in [6.07, 6.45) is 2.01. The lowest BCUT2D eigenvalue weighted by molar-refractivity contribution is -0.121. The van der Waals surface area contributed by atoms with Gasteiger partial charge in [-0.25, -0.2) is 4.39 Å². The summed E-state index contributed by atoms with van der Waals surface area (Å²) in [5, 5.41) is 12.9. The predicted molar refractivity (Wildman–Crippen MR) is 76.1 cm³/mol. The number of aliphatic hydroxyl groups is 1. The van der Waals surface area contributed by atoms with E-state index in [0.29, 0.717) is 12.2 Å². The molecule has 0 aliphatic carbocycles. The topological polar surface area (TPSA) is 62.5 Å². The molecule has 1 amide bonds. The number of nitrogens with one attached hydrogen (secondary N) is 1. The van der Waals surface area contributed by atoms with Gasteiger partial charge in [-0.15, -0.1) is 0 Å². The number of rotatable bonds is 6. The summed E-state index contributed by atoms with van der Waals surface area (Å²) in [4.78, 5) is 11.8. The van der Waals surface area contributed by atoms with E-state index in [-0.39, 0.29) is 24.7 Å². The molecule has 0 aliphatic heterocycles. The first-order chi connectivity index (χ1) is 9.94. The number of carbonyl (C=O) groups excluding carboxylic acids is 1. The molecule has 0 saturated carbocycles. The van der Waals surface area contributed by atoms with Crippen molar-refractivity contribution in [2.45, 2.75) is 25.4 Å². The van der Waals surface area contributed by atoms with Crippen LogP contribution >= 0.6 is 0 Å². The van der Waals surface area contributed by atoms with E-state index in [4.69, 9.17) is 4.42 Å². The van der Waals surface area contributed by atoms with Crippen molar-refractivity contribution in [3.8, 4) is 0 Å². The predicted octanol–water partition coefficient (Wildman–Crippen LogP) is 2.07. The fourth-order valence-electron chi connectivity index (χ4n) is 1.99. The van der Waals surface area contributed by atoms with Crippen LogP contribution in [0.1, 0.15) is 18.2 Å². The summed E-state index contributed by atoms with van der Waals surface area (Å²) in [6.45, 7) is 1.75. The molecule has 1 unspecified atom stereocenters. The van der Waals surface area contributed by atoms with Gasteiger partial charge in [-0.05, 0) is 36.8 Å². The van der Waals surface area contributed by atoms with Crippen molar-refractivity contribution in [3.63, 3.8) is 0 Å². The summed E-state index contributed by atoms with van der Waals surface area (Å²) in [5.41, 5.74) is -0.365. The number of carbonyl (C=O) groups is 1. The second-order valence-corrected chi connectivity index (χ2v) is 5.33. The van der Waals surface area contributed by atoms with Gasteiger partial charge in [0, 0.05) is 13.0 Å². The molecule has 2 N–H and O–H groups in total. The number of amides is 1. The molecule has 1 heterocycles. The number of hydrogen-bond donors (Lipinski definition) is 2. The van der Waals surface area contributed by atoms with Gasteiger partial charge < -0.3 is 14.8 Å². The highest BCUT2D eigenvalue weighted by atomic mass is 19.1. The molecule has 4 nitrogen and oxygen atoms in total. The number of hydrogen-bond acceptors (Lipinski definition) is 3. The number of furan rings is 1. The average Bonchev–Trinajstić information content (AvgIpc) is 2.91. The Morgan fingerprint density at radius 3 is 2.67 bits per heavy atom. The third-order valence-electron chi connectivity index (χ3n) is 3.08. The molecule has 2 aromatic rings. The Morgan fingerprint density at radius 2 is 2.05 bits per heavy atom. The Bertz CT molecular complexity index is 576. The van der Waals surface area contributed by atoms with Crippen molar-refractivity contribution < 1.29 is 18.7 Å². The van der Waals surface area contributed by atoms with Crippen LogP contribution in [-0.4, -0.2) is 23.2 Å². The lowest BCUT2D eigenvalue weighted by Crippen LogP contribution is -2.42. The standard InChI is InChI=1S/C16H18FNO3/c1-16(20,10-14-3-2-8-21-14)11-18-15(19)9-12-4-6-13(17)7-5-12/h2-8,20H,9-11H2,1H3,(H,18,19). The van der Waals surface area contributed by atoms with Crippen molar-refractivity contribution in [1.82, 2.24) is 5.32 Å². The first kappa shape index (κ1) is 15.3. The quantitative estimate of drug-likeness (QED) is 0.856. The second-order valence-electron chi connectivity index (χ2n) is 5.33. The molecule has 21 heavy (non-hydrogen) atoms. The van der Waals surface area contributed by atoms with Crippen LogP contribution in [0.2, 0.25) is 0 Å². The van der Waals surface area contributed by atoms with E-state index in [9.17, 15) is 14.3 Å². The normalized spacial score (nSPS) is 13.7. The van der Waals surface area contributed by atoms with Crippen LogP contribution in [0.4, 0.5) is 4.39 Å². The molecule has 0 aliphatic rings. The maximum atomic E-state index is 12.8. The van der Waals surface area contributed by atoms with Crippen LogP contribution in [0, 0.1) is 5.82 Å². The van der Waals surface area contributed by atoms with E-state index in [1.54, 1.807) is 37.5 Å². The molecule has 1 aromatic heterocycles. The van der Waals surface area contributed by atoms with E-state index >= 15 is 0 Å². The third kappa shape index (κ3) is 5.04. The van der Waals surface area contributed by atoms with Gasteiger partial charge in [0.05, 0.1) is 18.3 Å². The Hall–Kier alpha value is -2.14. The molecule has 0 fully saturated rings. The van der Waals surface area contributed by atoms with Crippen molar-refractivity contribution in [1.29, 1.82) is 0 Å². The lowest BCUT2D eigenvalue weighted by Gasteiger charge is -2.22. The minimum absolute atomic E-state index is 0.119. The first-order valence-corrected chi connectivity index (χ1v) is 6.70. The Labute approximate surface area is 122 Å². The molecule has 2 rings (SSSR count). The third-order valence-corrected chi connectivity index (χ3v) is 3.08. The highest BCUT2D eigenvalue weighted by Crippen LogP contribution is 2.13. The van der Waals surface area contributed by atoms with Gasteiger partial charge in [0.1, 0.15) is 11.6 Å². The van der Waals surface area contributed by atoms with Crippen LogP contribution in [0.25, 0.3) is 0 Å². The maximum absolute atomic E-state index is 12.8. The Kier molecular flexibility index (Phi) is 4.75. The van der Waals surface area contributed by atoms with Crippen LogP contribution in [-0.2, 0) is 17.6 Å². The summed E-state index contributed by atoms with van der Waals surface area (Å²) in [6, 6.07) is 9.28. The summed E-state index contributed by atoms with van der Waals surface area (Å²) < 4.78 is 17.9. The molecule has 112 valence electrons. The maximum Gasteiger partial charge on any atom is 0.224 e. The molecule has 1 atom stereocenters. The van der Waals surface area contributed by atoms with E-state index in [1.165, 1.54) is 12.1 Å². The van der Waals surface area contributed by atoms with Gasteiger partial charge in [0.25, 0.3) is 0 Å². The molecule has 0 bridgehead atoms. The zero-order valence-electron chi connectivity index (χ0n) is 11.8. The highest BCUT2D eigenvalue weighted by molar-refractivity contribution is 5.78. The van der Waals surface area contributed by atoms with Crippen molar-refractivity contribution >= 4 is 5.91 Å². The molecule has 0 radical (unpaired) electrons. The van der Waals surface area contributed by atoms with E-state index in [2.05, 4.69) is 5.32 Å². The molecule has 0 saturated heterocycles. The fraction of sp³-hybridized carbons (Fsp3) is 0.312. The second kappa shape index (κ2) is 6.54. The molecular formula is C16H18FNO3. The molecule has 1 aromatic carbocycles. The summed E-state index contributed by atoms with van der Waals surface area (Å²) in [5.74, 6) is 0.106. The smallest absolute Gasteiger partial charge is 0.224 e. The molecule has 5 heteroatoms. The summed E-state index contributed by atoms with van der Waals surface area (Å²) >= 11 is 0. The van der Waals surface area contributed by atoms with Gasteiger partial charge in [-0.1, -0.05) is 12.1 Å². The highest BCUT2D eigenvalue weighted by Gasteiger charge is 2.23. The SMILES string of the molecule is CC(O)(CNC(=O)Cc1ccc(F)cc1)Cc1ccco1. The van der Waals surface area contributed by atoms with Crippen LogP contribution in [0.15, 0.2) is 47.1 Å². The number of benzene rings is 1. The molecular weight excluding hydrogens is 273 g/mol. The van der Waals surface area contributed by atoms with Gasteiger partial charge in [-0.2, -0.15) is 0 Å². The van der Waals surface area contributed by atoms with Gasteiger partial charge in [0.15, 0.2) is 0 Å². The van der Waals surface area contributed by atoms with Crippen molar-refractivity contribution in [2.24, 2.45) is 0 Å². The molecule has 0 spiro atoms. The summed E-state index contributed by atoms with van der Waals surface area (Å²) in [7, 11) is 0. The lowest BCUT2D eigenvalue weighted by atomic mass is 10.0. The van der Waals surface area contributed by atoms with Crippen molar-refractivity contribution in [3.05, 3.63) is 59.8 Å². The first-order valence-electron chi connectivity index (χ1n) is 6.70. The van der Waals surface area contributed by atoms with E-state index < -0.39 is 5.60 Å². The van der Waals surface area contributed by atoms with Crippen LogP contribution in [0.3, 0.4) is 0 Å². The number of halogens is 1. The van der Waals surface area contributed by atoms with E-state index in [0.717, 1.165) is 5.56 Å². The van der Waals surface area contributed by atoms with Crippen LogP contribution in [0.5, 0.6) is 0 Å². The largest absolute Gasteiger partial charge is 0.469 e. The minimum Gasteiger partial charge on any atom is -0.469 e. The fourth-order valence-corrected chi connectivity index (χ4v) is 1.99. The minimum atomic E-state index is -1.09. The zero-order chi connectivity index (χ0) is 15.3. The van der Waals surface area contributed by atoms with Crippen molar-refractivity contribution in [2.75, 3.05) is 6.54 Å². The van der Waals surface area contributed by atoms with Gasteiger partial charge in [-0.3, -0.25) is 4.79 Å². The Balaban J connectivity index is 1.81. The monoisotopic (exact) mass is 291 g/mol. The van der Waals surface area contributed by atoms with E-state index in [1.807, 2.05) is 0 Å². The van der Waals surface area contributed by atoms with Gasteiger partial charge >= 0.3 is 0 Å². The Morgan fingerprint density at radius 1 is 1.33 bits per heavy atom. The van der Waals surface area contributed by atoms with Crippen LogP contribution < -0.4 is 5.32 Å². The average molecular weight is 291 g/mol.